The van der Waals surface area contributed by atoms with Gasteiger partial charge in [-0.1, -0.05) is 18.9 Å². The first-order chi connectivity index (χ1) is 15.7. The lowest BCUT2D eigenvalue weighted by atomic mass is 10.0. The molecule has 0 unspecified atom stereocenters. The largest absolute Gasteiger partial charge is 0.481 e. The summed E-state index contributed by atoms with van der Waals surface area (Å²) in [5.74, 6) is 0.640. The van der Waals surface area contributed by atoms with Crippen LogP contribution < -0.4 is 4.74 Å². The molecule has 32 heavy (non-hydrogen) atoms. The molecule has 2 aliphatic rings. The number of hydrogen-bond donors (Lipinski definition) is 2. The van der Waals surface area contributed by atoms with Crippen LogP contribution in [0.25, 0.3) is 22.0 Å². The average molecular weight is 436 g/mol. The molecule has 170 valence electrons. The zero-order chi connectivity index (χ0) is 21.9. The Bertz CT molecular complexity index is 1060. The zero-order valence-electron chi connectivity index (χ0n) is 18.8. The number of aliphatic hydroxyl groups excluding tert-OH is 1. The van der Waals surface area contributed by atoms with E-state index in [0.717, 1.165) is 61.0 Å². The van der Waals surface area contributed by atoms with E-state index in [-0.39, 0.29) is 12.6 Å². The number of aromatic nitrogens is 2. The van der Waals surface area contributed by atoms with E-state index in [0.29, 0.717) is 18.6 Å². The Morgan fingerprint density at radius 3 is 2.78 bits per heavy atom. The van der Waals surface area contributed by atoms with Crippen molar-refractivity contribution in [3.8, 4) is 17.0 Å². The molecule has 3 aromatic rings. The van der Waals surface area contributed by atoms with Gasteiger partial charge >= 0.3 is 0 Å². The number of benzene rings is 1. The van der Waals surface area contributed by atoms with Crippen LogP contribution >= 0.6 is 0 Å². The van der Waals surface area contributed by atoms with E-state index in [1.165, 1.54) is 23.9 Å². The number of ether oxygens (including phenoxy) is 2. The second kappa shape index (κ2) is 9.61. The van der Waals surface area contributed by atoms with Crippen molar-refractivity contribution in [2.24, 2.45) is 0 Å². The molecule has 2 fully saturated rings. The number of hydrogen-bond acceptors (Lipinski definition) is 5. The third-order valence-corrected chi connectivity index (χ3v) is 6.99. The molecule has 1 aliphatic heterocycles. The van der Waals surface area contributed by atoms with Crippen molar-refractivity contribution in [2.45, 2.75) is 63.8 Å². The molecule has 2 N–H and O–H groups in total. The Hall–Kier alpha value is -2.41. The van der Waals surface area contributed by atoms with Gasteiger partial charge in [-0.25, -0.2) is 4.98 Å². The molecular formula is C26H33N3O3. The molecule has 1 aromatic carbocycles. The molecule has 2 aromatic heterocycles. The van der Waals surface area contributed by atoms with Crippen LogP contribution in [0.2, 0.25) is 0 Å². The molecule has 5 rings (SSSR count). The molecule has 3 heterocycles. The maximum Gasteiger partial charge on any atom is 0.218 e. The van der Waals surface area contributed by atoms with Crippen LogP contribution in [0.3, 0.4) is 0 Å². The summed E-state index contributed by atoms with van der Waals surface area (Å²) in [4.78, 5) is 10.5. The number of nitrogens with zero attached hydrogens (tertiary/aromatic N) is 2. The highest BCUT2D eigenvalue weighted by Gasteiger charge is 2.24. The number of fused-ring (bicyclic) bond motifs is 1. The van der Waals surface area contributed by atoms with Crippen LogP contribution in [0, 0.1) is 0 Å². The van der Waals surface area contributed by atoms with E-state index in [4.69, 9.17) is 9.47 Å². The van der Waals surface area contributed by atoms with Crippen molar-refractivity contribution in [1.82, 2.24) is 14.9 Å². The van der Waals surface area contributed by atoms with Crippen molar-refractivity contribution in [2.75, 3.05) is 20.3 Å². The first kappa shape index (κ1) is 21.4. The summed E-state index contributed by atoms with van der Waals surface area (Å²) in [6.07, 6.45) is 9.30. The van der Waals surface area contributed by atoms with Gasteiger partial charge in [0.15, 0.2) is 0 Å². The number of pyridine rings is 1. The Kier molecular flexibility index (Phi) is 6.44. The smallest absolute Gasteiger partial charge is 0.218 e. The summed E-state index contributed by atoms with van der Waals surface area (Å²) in [6, 6.07) is 11.2. The highest BCUT2D eigenvalue weighted by molar-refractivity contribution is 5.85. The number of nitrogens with one attached hydrogen (secondary N) is 1. The molecule has 0 bridgehead atoms. The average Bonchev–Trinajstić information content (AvgIpc) is 3.57. The van der Waals surface area contributed by atoms with Crippen LogP contribution in [-0.4, -0.2) is 52.4 Å². The van der Waals surface area contributed by atoms with Gasteiger partial charge < -0.3 is 19.6 Å². The van der Waals surface area contributed by atoms with Crippen molar-refractivity contribution >= 4 is 10.9 Å². The summed E-state index contributed by atoms with van der Waals surface area (Å²) in [7, 11) is 1.66. The Balaban J connectivity index is 1.36. The Morgan fingerprint density at radius 2 is 1.97 bits per heavy atom. The van der Waals surface area contributed by atoms with Crippen LogP contribution in [0.5, 0.6) is 5.88 Å². The Labute approximate surface area is 189 Å². The van der Waals surface area contributed by atoms with Crippen molar-refractivity contribution in [3.63, 3.8) is 0 Å². The Morgan fingerprint density at radius 1 is 1.09 bits per heavy atom. The topological polar surface area (TPSA) is 70.6 Å². The molecule has 6 nitrogen and oxygen atoms in total. The third kappa shape index (κ3) is 4.53. The van der Waals surface area contributed by atoms with Crippen molar-refractivity contribution in [1.29, 1.82) is 0 Å². The van der Waals surface area contributed by atoms with Gasteiger partial charge in [0.2, 0.25) is 5.88 Å². The summed E-state index contributed by atoms with van der Waals surface area (Å²) in [5.41, 5.74) is 5.52. The molecular weight excluding hydrogens is 402 g/mol. The fourth-order valence-electron chi connectivity index (χ4n) is 5.19. The van der Waals surface area contributed by atoms with Gasteiger partial charge in [0.05, 0.1) is 26.4 Å². The molecule has 1 saturated heterocycles. The lowest BCUT2D eigenvalue weighted by Gasteiger charge is -2.21. The standard InChI is InChI=1S/C26H33N3O3/c1-31-26-21(17-32-24-6-2-3-7-24)12-20(14-27-26)18-8-9-25-19(11-18)13-22(28-25)15-29-10-4-5-23(29)16-30/h8-9,11-14,23-24,28,30H,2-7,10,15-17H2,1H3/t23-/m1/s1. The fourth-order valence-corrected chi connectivity index (χ4v) is 5.19. The maximum absolute atomic E-state index is 9.60. The molecule has 6 heteroatoms. The van der Waals surface area contributed by atoms with Crippen LogP contribution in [0.4, 0.5) is 0 Å². The van der Waals surface area contributed by atoms with Gasteiger partial charge in [-0.3, -0.25) is 4.90 Å². The summed E-state index contributed by atoms with van der Waals surface area (Å²) in [6.45, 7) is 2.67. The van der Waals surface area contributed by atoms with Crippen LogP contribution in [0.1, 0.15) is 49.8 Å². The van der Waals surface area contributed by atoms with Crippen LogP contribution in [-0.2, 0) is 17.9 Å². The van der Waals surface area contributed by atoms with E-state index in [9.17, 15) is 5.11 Å². The minimum Gasteiger partial charge on any atom is -0.481 e. The highest BCUT2D eigenvalue weighted by atomic mass is 16.5. The molecule has 1 aliphatic carbocycles. The van der Waals surface area contributed by atoms with E-state index < -0.39 is 0 Å². The van der Waals surface area contributed by atoms with Gasteiger partial charge in [-0.2, -0.15) is 0 Å². The number of aromatic amines is 1. The number of methoxy groups -OCH3 is 1. The first-order valence-electron chi connectivity index (χ1n) is 11.8. The lowest BCUT2D eigenvalue weighted by Crippen LogP contribution is -2.31. The van der Waals surface area contributed by atoms with E-state index in [2.05, 4.69) is 45.2 Å². The van der Waals surface area contributed by atoms with Gasteiger partial charge in [0.1, 0.15) is 0 Å². The highest BCUT2D eigenvalue weighted by Crippen LogP contribution is 2.30. The minimum absolute atomic E-state index is 0.238. The lowest BCUT2D eigenvalue weighted by molar-refractivity contribution is 0.0443. The molecule has 0 spiro atoms. The molecule has 0 radical (unpaired) electrons. The van der Waals surface area contributed by atoms with Crippen molar-refractivity contribution < 1.29 is 14.6 Å². The number of likely N-dealkylation sites (tertiary alicyclic amines) is 1. The monoisotopic (exact) mass is 435 g/mol. The van der Waals surface area contributed by atoms with Crippen LogP contribution in [0.15, 0.2) is 36.5 Å². The normalized spacial score (nSPS) is 19.9. The fraction of sp³-hybridized carbons (Fsp3) is 0.500. The maximum atomic E-state index is 9.60. The van der Waals surface area contributed by atoms with Gasteiger partial charge in [-0.05, 0) is 62.1 Å². The van der Waals surface area contributed by atoms with Gasteiger partial charge in [0.25, 0.3) is 0 Å². The van der Waals surface area contributed by atoms with Crippen molar-refractivity contribution in [3.05, 3.63) is 47.8 Å². The number of rotatable bonds is 8. The number of aliphatic hydroxyl groups is 1. The summed E-state index contributed by atoms with van der Waals surface area (Å²) < 4.78 is 11.6. The summed E-state index contributed by atoms with van der Waals surface area (Å²) in [5, 5.41) is 10.8. The predicted molar refractivity (Wildman–Crippen MR) is 126 cm³/mol. The SMILES string of the molecule is COc1ncc(-c2ccc3[nH]c(CN4CCC[C@@H]4CO)cc3c2)cc1COC1CCCC1. The van der Waals surface area contributed by atoms with E-state index in [1.807, 2.05) is 6.20 Å². The summed E-state index contributed by atoms with van der Waals surface area (Å²) >= 11 is 0. The van der Waals surface area contributed by atoms with E-state index in [1.54, 1.807) is 7.11 Å². The third-order valence-electron chi connectivity index (χ3n) is 6.99. The molecule has 1 atom stereocenters. The number of H-pyrrole nitrogens is 1. The quantitative estimate of drug-likeness (QED) is 0.539. The zero-order valence-corrected chi connectivity index (χ0v) is 18.8. The van der Waals surface area contributed by atoms with Gasteiger partial charge in [-0.15, -0.1) is 0 Å². The van der Waals surface area contributed by atoms with Gasteiger partial charge in [0, 0.05) is 46.5 Å². The molecule has 1 saturated carbocycles. The first-order valence-corrected chi connectivity index (χ1v) is 11.8. The second-order valence-corrected chi connectivity index (χ2v) is 9.16. The second-order valence-electron chi connectivity index (χ2n) is 9.16. The minimum atomic E-state index is 0.238. The van der Waals surface area contributed by atoms with E-state index >= 15 is 0 Å². The predicted octanol–water partition coefficient (Wildman–Crippen LogP) is 4.65. The molecule has 0 amide bonds.